The van der Waals surface area contributed by atoms with Crippen LogP contribution in [0.2, 0.25) is 0 Å². The number of hydrogen-bond acceptors (Lipinski definition) is 3. The SMILES string of the molecule is C[C@@H]1CC(C)(C)N(C)c2ccc(/C=C(/C#N)C(=O)NCCc3c[nH]c4ccccc34)cc21. The molecule has 1 aliphatic heterocycles. The van der Waals surface area contributed by atoms with Crippen LogP contribution in [0.25, 0.3) is 17.0 Å². The van der Waals surface area contributed by atoms with Crippen LogP contribution in [-0.4, -0.2) is 30.0 Å². The predicted octanol–water partition coefficient (Wildman–Crippen LogP) is 5.16. The number of carbonyl (C=O) groups is 1. The molecule has 0 bridgehead atoms. The monoisotopic (exact) mass is 426 g/mol. The summed E-state index contributed by atoms with van der Waals surface area (Å²) in [4.78, 5) is 18.2. The van der Waals surface area contributed by atoms with Crippen LogP contribution in [0.3, 0.4) is 0 Å². The van der Waals surface area contributed by atoms with E-state index < -0.39 is 0 Å². The average molecular weight is 427 g/mol. The van der Waals surface area contributed by atoms with Crippen LogP contribution in [-0.2, 0) is 11.2 Å². The molecule has 0 radical (unpaired) electrons. The highest BCUT2D eigenvalue weighted by molar-refractivity contribution is 6.01. The van der Waals surface area contributed by atoms with Crippen LogP contribution in [0, 0.1) is 11.3 Å². The summed E-state index contributed by atoms with van der Waals surface area (Å²) in [6.07, 6.45) is 5.42. The maximum atomic E-state index is 12.6. The van der Waals surface area contributed by atoms with E-state index in [0.29, 0.717) is 18.9 Å². The number of aromatic amines is 1. The van der Waals surface area contributed by atoms with Crippen LogP contribution < -0.4 is 10.2 Å². The van der Waals surface area contributed by atoms with Gasteiger partial charge in [0, 0.05) is 41.9 Å². The number of carbonyl (C=O) groups excluding carboxylic acids is 1. The molecule has 0 aliphatic carbocycles. The van der Waals surface area contributed by atoms with E-state index in [1.165, 1.54) is 11.3 Å². The number of rotatable bonds is 5. The summed E-state index contributed by atoms with van der Waals surface area (Å²) < 4.78 is 0. The summed E-state index contributed by atoms with van der Waals surface area (Å²) in [5.41, 5.74) is 5.83. The Bertz CT molecular complexity index is 1230. The summed E-state index contributed by atoms with van der Waals surface area (Å²) in [5.74, 6) is 0.0800. The van der Waals surface area contributed by atoms with E-state index >= 15 is 0 Å². The molecule has 164 valence electrons. The van der Waals surface area contributed by atoms with E-state index in [9.17, 15) is 10.1 Å². The Morgan fingerprint density at radius 3 is 2.88 bits per heavy atom. The first kappa shape index (κ1) is 21.7. The van der Waals surface area contributed by atoms with Crippen LogP contribution in [0.5, 0.6) is 0 Å². The van der Waals surface area contributed by atoms with Crippen molar-refractivity contribution in [1.82, 2.24) is 10.3 Å². The molecular formula is C27H30N4O. The van der Waals surface area contributed by atoms with Crippen molar-refractivity contribution in [3.05, 3.63) is 70.9 Å². The molecule has 1 aliphatic rings. The number of nitrogens with zero attached hydrogens (tertiary/aromatic N) is 2. The van der Waals surface area contributed by atoms with Crippen molar-refractivity contribution >= 4 is 28.6 Å². The fourth-order valence-electron chi connectivity index (χ4n) is 4.74. The van der Waals surface area contributed by atoms with Crippen LogP contribution in [0.4, 0.5) is 5.69 Å². The molecule has 32 heavy (non-hydrogen) atoms. The molecular weight excluding hydrogens is 396 g/mol. The Morgan fingerprint density at radius 1 is 1.31 bits per heavy atom. The van der Waals surface area contributed by atoms with Crippen molar-refractivity contribution in [3.8, 4) is 6.07 Å². The van der Waals surface area contributed by atoms with Crippen molar-refractivity contribution < 1.29 is 4.79 Å². The fraction of sp³-hybridized carbons (Fsp3) is 0.333. The number of nitriles is 1. The zero-order valence-corrected chi connectivity index (χ0v) is 19.2. The zero-order chi connectivity index (χ0) is 22.9. The number of amides is 1. The standard InChI is InChI=1S/C27H30N4O/c1-18-15-27(2,3)31(4)25-10-9-19(14-23(18)25)13-21(16-28)26(32)29-12-11-20-17-30-24-8-6-5-7-22(20)24/h5-10,13-14,17-18,30H,11-12,15H2,1-4H3,(H,29,32)/b21-13-/t18-/m1/s1. The average Bonchev–Trinajstić information content (AvgIpc) is 3.18. The summed E-state index contributed by atoms with van der Waals surface area (Å²) in [7, 11) is 2.13. The van der Waals surface area contributed by atoms with Crippen molar-refractivity contribution in [2.24, 2.45) is 0 Å². The minimum Gasteiger partial charge on any atom is -0.369 e. The molecule has 0 saturated heterocycles. The molecule has 2 aromatic carbocycles. The lowest BCUT2D eigenvalue weighted by Crippen LogP contribution is -2.45. The van der Waals surface area contributed by atoms with Crippen LogP contribution in [0.1, 0.15) is 49.8 Å². The lowest BCUT2D eigenvalue weighted by Gasteiger charge is -2.45. The first-order chi connectivity index (χ1) is 15.3. The molecule has 1 amide bonds. The molecule has 0 spiro atoms. The molecule has 1 atom stereocenters. The van der Waals surface area contributed by atoms with Gasteiger partial charge in [0.25, 0.3) is 5.91 Å². The number of hydrogen-bond donors (Lipinski definition) is 2. The van der Waals surface area contributed by atoms with Gasteiger partial charge in [-0.1, -0.05) is 31.2 Å². The van der Waals surface area contributed by atoms with Crippen molar-refractivity contribution in [3.63, 3.8) is 0 Å². The van der Waals surface area contributed by atoms with Gasteiger partial charge in [0.05, 0.1) is 0 Å². The topological polar surface area (TPSA) is 71.9 Å². The number of fused-ring (bicyclic) bond motifs is 2. The first-order valence-electron chi connectivity index (χ1n) is 11.1. The van der Waals surface area contributed by atoms with Crippen molar-refractivity contribution in [2.45, 2.75) is 45.1 Å². The third-order valence-electron chi connectivity index (χ3n) is 6.69. The van der Waals surface area contributed by atoms with Gasteiger partial charge in [-0.15, -0.1) is 0 Å². The van der Waals surface area contributed by atoms with E-state index in [2.05, 4.69) is 67.3 Å². The third-order valence-corrected chi connectivity index (χ3v) is 6.69. The summed E-state index contributed by atoms with van der Waals surface area (Å²) in [6.45, 7) is 7.23. The summed E-state index contributed by atoms with van der Waals surface area (Å²) in [6, 6.07) is 16.4. The Labute approximate surface area is 189 Å². The second kappa shape index (κ2) is 8.55. The Balaban J connectivity index is 1.46. The lowest BCUT2D eigenvalue weighted by molar-refractivity contribution is -0.117. The summed E-state index contributed by atoms with van der Waals surface area (Å²) >= 11 is 0. The summed E-state index contributed by atoms with van der Waals surface area (Å²) in [5, 5.41) is 13.6. The first-order valence-corrected chi connectivity index (χ1v) is 11.1. The molecule has 4 rings (SSSR count). The van der Waals surface area contributed by atoms with Gasteiger partial charge in [-0.3, -0.25) is 4.79 Å². The van der Waals surface area contributed by atoms with Gasteiger partial charge in [0.2, 0.25) is 0 Å². The largest absolute Gasteiger partial charge is 0.369 e. The van der Waals surface area contributed by atoms with Crippen LogP contribution >= 0.6 is 0 Å². The van der Waals surface area contributed by atoms with E-state index in [4.69, 9.17) is 0 Å². The van der Waals surface area contributed by atoms with Crippen molar-refractivity contribution in [2.75, 3.05) is 18.5 Å². The third kappa shape index (κ3) is 4.13. The fourth-order valence-corrected chi connectivity index (χ4v) is 4.74. The van der Waals surface area contributed by atoms with Gasteiger partial charge in [-0.2, -0.15) is 5.26 Å². The minimum absolute atomic E-state index is 0.103. The van der Waals surface area contributed by atoms with Gasteiger partial charge in [0.1, 0.15) is 11.6 Å². The number of nitrogens with one attached hydrogen (secondary N) is 2. The molecule has 1 aromatic heterocycles. The molecule has 0 fully saturated rings. The lowest BCUT2D eigenvalue weighted by atomic mass is 9.80. The van der Waals surface area contributed by atoms with E-state index in [1.54, 1.807) is 6.08 Å². The van der Waals surface area contributed by atoms with E-state index in [1.807, 2.05) is 30.5 Å². The highest BCUT2D eigenvalue weighted by Crippen LogP contribution is 2.42. The normalized spacial score (nSPS) is 17.7. The Kier molecular flexibility index (Phi) is 5.80. The number of benzene rings is 2. The van der Waals surface area contributed by atoms with Crippen LogP contribution in [0.15, 0.2) is 54.2 Å². The Morgan fingerprint density at radius 2 is 2.09 bits per heavy atom. The molecule has 3 aromatic rings. The number of H-pyrrole nitrogens is 1. The molecule has 5 heteroatoms. The maximum Gasteiger partial charge on any atom is 0.261 e. The molecule has 5 nitrogen and oxygen atoms in total. The van der Waals surface area contributed by atoms with E-state index in [0.717, 1.165) is 28.5 Å². The molecule has 0 saturated carbocycles. The van der Waals surface area contributed by atoms with Crippen molar-refractivity contribution in [1.29, 1.82) is 5.26 Å². The second-order valence-electron chi connectivity index (χ2n) is 9.33. The quantitative estimate of drug-likeness (QED) is 0.437. The number of para-hydroxylation sites is 1. The second-order valence-corrected chi connectivity index (χ2v) is 9.33. The van der Waals surface area contributed by atoms with Gasteiger partial charge in [-0.25, -0.2) is 0 Å². The highest BCUT2D eigenvalue weighted by Gasteiger charge is 2.33. The molecule has 2 N–H and O–H groups in total. The molecule has 0 unspecified atom stereocenters. The predicted molar refractivity (Wildman–Crippen MR) is 131 cm³/mol. The molecule has 2 heterocycles. The Hall–Kier alpha value is -3.52. The number of anilines is 1. The van der Waals surface area contributed by atoms with Gasteiger partial charge < -0.3 is 15.2 Å². The van der Waals surface area contributed by atoms with Gasteiger partial charge in [0.15, 0.2) is 0 Å². The minimum atomic E-state index is -0.337. The zero-order valence-electron chi connectivity index (χ0n) is 19.2. The maximum absolute atomic E-state index is 12.6. The smallest absolute Gasteiger partial charge is 0.261 e. The van der Waals surface area contributed by atoms with E-state index in [-0.39, 0.29) is 17.0 Å². The number of aromatic nitrogens is 1. The van der Waals surface area contributed by atoms with Gasteiger partial charge >= 0.3 is 0 Å². The highest BCUT2D eigenvalue weighted by atomic mass is 16.1. The van der Waals surface area contributed by atoms with Gasteiger partial charge in [-0.05, 0) is 73.6 Å².